The molecule has 3 rings (SSSR count). The van der Waals surface area contributed by atoms with Gasteiger partial charge in [-0.2, -0.15) is 0 Å². The first kappa shape index (κ1) is 15.7. The lowest BCUT2D eigenvalue weighted by Gasteiger charge is -2.11. The molecule has 1 aromatic heterocycles. The quantitative estimate of drug-likeness (QED) is 0.889. The average Bonchev–Trinajstić information content (AvgIpc) is 3.06. The van der Waals surface area contributed by atoms with Gasteiger partial charge in [0.15, 0.2) is 0 Å². The van der Waals surface area contributed by atoms with Gasteiger partial charge in [0.25, 0.3) is 5.91 Å². The fourth-order valence-corrected chi connectivity index (χ4v) is 3.05. The van der Waals surface area contributed by atoms with Crippen molar-refractivity contribution in [3.63, 3.8) is 0 Å². The third kappa shape index (κ3) is 3.62. The molecule has 5 nitrogen and oxygen atoms in total. The van der Waals surface area contributed by atoms with Crippen molar-refractivity contribution in [2.45, 2.75) is 19.8 Å². The Balaban J connectivity index is 1.70. The number of aromatic nitrogens is 1. The largest absolute Gasteiger partial charge is 0.497 e. The number of methoxy groups -OCH3 is 1. The van der Waals surface area contributed by atoms with E-state index in [1.54, 1.807) is 7.11 Å². The predicted octanol–water partition coefficient (Wildman–Crippen LogP) is 2.28. The number of fused-ring (bicyclic) bond motifs is 1. The Labute approximate surface area is 136 Å². The molecule has 0 radical (unpaired) electrons. The molecule has 1 atom stereocenters. The minimum atomic E-state index is -0.0429. The first-order valence-electron chi connectivity index (χ1n) is 8.11. The van der Waals surface area contributed by atoms with E-state index in [1.165, 1.54) is 6.42 Å². The standard InChI is InChI=1S/C18H23N3O2/c1-12-16(18(22)20-8-6-13-5-7-19-11-13)9-14-3-4-15(23-2)10-17(14)21-12/h3-4,9-10,13,19H,5-8,11H2,1-2H3,(H,20,22). The maximum absolute atomic E-state index is 12.4. The van der Waals surface area contributed by atoms with Crippen LogP contribution in [0.15, 0.2) is 24.3 Å². The van der Waals surface area contributed by atoms with Gasteiger partial charge in [0, 0.05) is 18.0 Å². The number of hydrogen-bond donors (Lipinski definition) is 2. The maximum Gasteiger partial charge on any atom is 0.253 e. The number of carbonyl (C=O) groups is 1. The summed E-state index contributed by atoms with van der Waals surface area (Å²) in [5.74, 6) is 1.41. The van der Waals surface area contributed by atoms with Crippen molar-refractivity contribution in [3.8, 4) is 5.75 Å². The van der Waals surface area contributed by atoms with Gasteiger partial charge in [0.05, 0.1) is 23.9 Å². The minimum Gasteiger partial charge on any atom is -0.497 e. The average molecular weight is 313 g/mol. The number of ether oxygens (including phenoxy) is 1. The summed E-state index contributed by atoms with van der Waals surface area (Å²) in [5, 5.41) is 7.32. The van der Waals surface area contributed by atoms with Crippen LogP contribution in [0.3, 0.4) is 0 Å². The number of rotatable bonds is 5. The lowest BCUT2D eigenvalue weighted by molar-refractivity contribution is 0.0951. The van der Waals surface area contributed by atoms with Crippen LogP contribution in [0.2, 0.25) is 0 Å². The van der Waals surface area contributed by atoms with E-state index in [1.807, 2.05) is 31.2 Å². The molecule has 0 saturated carbocycles. The van der Waals surface area contributed by atoms with E-state index in [2.05, 4.69) is 15.6 Å². The number of nitrogens with one attached hydrogen (secondary N) is 2. The summed E-state index contributed by atoms with van der Waals surface area (Å²) in [5.41, 5.74) is 2.23. The third-order valence-corrected chi connectivity index (χ3v) is 4.46. The summed E-state index contributed by atoms with van der Waals surface area (Å²) in [4.78, 5) is 17.0. The van der Waals surface area contributed by atoms with Gasteiger partial charge in [-0.15, -0.1) is 0 Å². The van der Waals surface area contributed by atoms with Crippen molar-refractivity contribution < 1.29 is 9.53 Å². The highest BCUT2D eigenvalue weighted by Crippen LogP contribution is 2.21. The smallest absolute Gasteiger partial charge is 0.253 e. The number of pyridine rings is 1. The second kappa shape index (κ2) is 6.96. The van der Waals surface area contributed by atoms with E-state index in [4.69, 9.17) is 4.74 Å². The summed E-state index contributed by atoms with van der Waals surface area (Å²) in [6.07, 6.45) is 2.23. The number of benzene rings is 1. The molecule has 5 heteroatoms. The highest BCUT2D eigenvalue weighted by molar-refractivity contribution is 5.98. The molecule has 2 aromatic rings. The molecule has 23 heavy (non-hydrogen) atoms. The fourth-order valence-electron chi connectivity index (χ4n) is 3.05. The molecule has 122 valence electrons. The van der Waals surface area contributed by atoms with E-state index in [9.17, 15) is 4.79 Å². The van der Waals surface area contributed by atoms with Crippen LogP contribution in [0, 0.1) is 12.8 Å². The van der Waals surface area contributed by atoms with Crippen molar-refractivity contribution in [2.24, 2.45) is 5.92 Å². The van der Waals surface area contributed by atoms with Crippen molar-refractivity contribution in [2.75, 3.05) is 26.7 Å². The molecular weight excluding hydrogens is 290 g/mol. The Kier molecular flexibility index (Phi) is 4.76. The Morgan fingerprint density at radius 2 is 2.30 bits per heavy atom. The number of hydrogen-bond acceptors (Lipinski definition) is 4. The van der Waals surface area contributed by atoms with Crippen molar-refractivity contribution in [1.82, 2.24) is 15.6 Å². The van der Waals surface area contributed by atoms with E-state index < -0.39 is 0 Å². The summed E-state index contributed by atoms with van der Waals surface area (Å²) >= 11 is 0. The van der Waals surface area contributed by atoms with Gasteiger partial charge in [-0.25, -0.2) is 0 Å². The molecule has 1 aliphatic rings. The molecule has 0 spiro atoms. The molecule has 2 heterocycles. The zero-order valence-electron chi connectivity index (χ0n) is 13.7. The second-order valence-corrected chi connectivity index (χ2v) is 6.08. The molecule has 1 aromatic carbocycles. The van der Waals surface area contributed by atoms with Crippen LogP contribution in [0.1, 0.15) is 28.9 Å². The maximum atomic E-state index is 12.4. The molecule has 0 bridgehead atoms. The number of carbonyl (C=O) groups excluding carboxylic acids is 1. The highest BCUT2D eigenvalue weighted by atomic mass is 16.5. The van der Waals surface area contributed by atoms with Gasteiger partial charge in [0.1, 0.15) is 5.75 Å². The lowest BCUT2D eigenvalue weighted by atomic mass is 10.0. The van der Waals surface area contributed by atoms with Crippen LogP contribution in [0.25, 0.3) is 10.9 Å². The molecule has 1 amide bonds. The number of amides is 1. The molecule has 1 unspecified atom stereocenters. The van der Waals surface area contributed by atoms with E-state index in [0.29, 0.717) is 18.0 Å². The minimum absolute atomic E-state index is 0.0429. The molecule has 1 saturated heterocycles. The Hall–Kier alpha value is -2.14. The van der Waals surface area contributed by atoms with Crippen LogP contribution in [0.4, 0.5) is 0 Å². The van der Waals surface area contributed by atoms with Gasteiger partial charge in [-0.1, -0.05) is 0 Å². The first-order chi connectivity index (χ1) is 11.2. The SMILES string of the molecule is COc1ccc2cc(C(=O)NCCC3CCNC3)c(C)nc2c1. The topological polar surface area (TPSA) is 63.2 Å². The Morgan fingerprint density at radius 1 is 1.43 bits per heavy atom. The summed E-state index contributed by atoms with van der Waals surface area (Å²) in [6, 6.07) is 7.61. The van der Waals surface area contributed by atoms with Gasteiger partial charge >= 0.3 is 0 Å². The number of aryl methyl sites for hydroxylation is 1. The van der Waals surface area contributed by atoms with Crippen molar-refractivity contribution in [1.29, 1.82) is 0 Å². The second-order valence-electron chi connectivity index (χ2n) is 6.08. The monoisotopic (exact) mass is 313 g/mol. The van der Waals surface area contributed by atoms with Crippen LogP contribution in [-0.4, -0.2) is 37.6 Å². The van der Waals surface area contributed by atoms with E-state index >= 15 is 0 Å². The van der Waals surface area contributed by atoms with E-state index in [0.717, 1.165) is 41.9 Å². The van der Waals surface area contributed by atoms with Gasteiger partial charge < -0.3 is 15.4 Å². The fraction of sp³-hybridized carbons (Fsp3) is 0.444. The van der Waals surface area contributed by atoms with E-state index in [-0.39, 0.29) is 5.91 Å². The van der Waals surface area contributed by atoms with Gasteiger partial charge in [-0.3, -0.25) is 9.78 Å². The molecule has 1 aliphatic heterocycles. The normalized spacial score (nSPS) is 17.4. The Bertz CT molecular complexity index is 709. The summed E-state index contributed by atoms with van der Waals surface area (Å²) < 4.78 is 5.22. The zero-order chi connectivity index (χ0) is 16.2. The van der Waals surface area contributed by atoms with Gasteiger partial charge in [0.2, 0.25) is 0 Å². The number of nitrogens with zero attached hydrogens (tertiary/aromatic N) is 1. The Morgan fingerprint density at radius 3 is 3.04 bits per heavy atom. The van der Waals surface area contributed by atoms with Crippen LogP contribution < -0.4 is 15.4 Å². The molecule has 2 N–H and O–H groups in total. The zero-order valence-corrected chi connectivity index (χ0v) is 13.7. The molecule has 1 fully saturated rings. The van der Waals surface area contributed by atoms with Crippen LogP contribution in [-0.2, 0) is 0 Å². The van der Waals surface area contributed by atoms with Crippen LogP contribution in [0.5, 0.6) is 5.75 Å². The summed E-state index contributed by atoms with van der Waals surface area (Å²) in [7, 11) is 1.63. The lowest BCUT2D eigenvalue weighted by Crippen LogP contribution is -2.27. The van der Waals surface area contributed by atoms with Crippen molar-refractivity contribution >= 4 is 16.8 Å². The summed E-state index contributed by atoms with van der Waals surface area (Å²) in [6.45, 7) is 4.74. The first-order valence-corrected chi connectivity index (χ1v) is 8.11. The van der Waals surface area contributed by atoms with Gasteiger partial charge in [-0.05, 0) is 57.0 Å². The highest BCUT2D eigenvalue weighted by Gasteiger charge is 2.16. The molecular formula is C18H23N3O2. The van der Waals surface area contributed by atoms with Crippen molar-refractivity contribution in [3.05, 3.63) is 35.5 Å². The van der Waals surface area contributed by atoms with Crippen LogP contribution >= 0.6 is 0 Å². The molecule has 0 aliphatic carbocycles. The predicted molar refractivity (Wildman–Crippen MR) is 91.0 cm³/mol. The third-order valence-electron chi connectivity index (χ3n) is 4.46.